The van der Waals surface area contributed by atoms with Crippen molar-refractivity contribution in [3.05, 3.63) is 23.8 Å². The van der Waals surface area contributed by atoms with Gasteiger partial charge >= 0.3 is 0 Å². The van der Waals surface area contributed by atoms with Gasteiger partial charge in [0, 0.05) is 0 Å². The summed E-state index contributed by atoms with van der Waals surface area (Å²) in [5.74, 6) is 0.563. The quantitative estimate of drug-likeness (QED) is 0.612. The summed E-state index contributed by atoms with van der Waals surface area (Å²) >= 11 is 0. The van der Waals surface area contributed by atoms with E-state index in [0.29, 0.717) is 5.92 Å². The van der Waals surface area contributed by atoms with Crippen LogP contribution in [0.25, 0.3) is 0 Å². The van der Waals surface area contributed by atoms with Gasteiger partial charge in [0.05, 0.1) is 5.41 Å². The fraction of sp³-hybridized carbons (Fsp3) is 0.615. The molecule has 14 heavy (non-hydrogen) atoms. The summed E-state index contributed by atoms with van der Waals surface area (Å²) in [6, 6.07) is 0. The Kier molecular flexibility index (Phi) is 2.98. The zero-order valence-electron chi connectivity index (χ0n) is 9.68. The predicted octanol–water partition coefficient (Wildman–Crippen LogP) is 3.51. The number of carbonyl (C=O) groups is 1. The molecule has 0 aromatic heterocycles. The van der Waals surface area contributed by atoms with Gasteiger partial charge in [0.25, 0.3) is 0 Å². The van der Waals surface area contributed by atoms with Crippen molar-refractivity contribution in [1.29, 1.82) is 0 Å². The fourth-order valence-electron chi connectivity index (χ4n) is 2.67. The van der Waals surface area contributed by atoms with Gasteiger partial charge in [-0.3, -0.25) is 4.79 Å². The van der Waals surface area contributed by atoms with Crippen molar-refractivity contribution in [1.82, 2.24) is 0 Å². The highest BCUT2D eigenvalue weighted by atomic mass is 16.1. The van der Waals surface area contributed by atoms with Crippen molar-refractivity contribution in [3.8, 4) is 0 Å². The number of Topliss-reactive ketones (excluding diaryl/α,β-unsaturated/α-hetero) is 1. The maximum Gasteiger partial charge on any atom is 0.140 e. The van der Waals surface area contributed by atoms with Gasteiger partial charge in [-0.25, -0.2) is 0 Å². The predicted molar refractivity (Wildman–Crippen MR) is 60.1 cm³/mol. The third-order valence-electron chi connectivity index (χ3n) is 3.62. The van der Waals surface area contributed by atoms with Gasteiger partial charge in [-0.05, 0) is 39.5 Å². The average molecular weight is 192 g/mol. The number of hydrogen-bond acceptors (Lipinski definition) is 1. The van der Waals surface area contributed by atoms with Crippen LogP contribution >= 0.6 is 0 Å². The van der Waals surface area contributed by atoms with E-state index >= 15 is 0 Å². The summed E-state index contributed by atoms with van der Waals surface area (Å²) in [7, 11) is 0. The Morgan fingerprint density at radius 1 is 1.57 bits per heavy atom. The lowest BCUT2D eigenvalue weighted by molar-refractivity contribution is -0.126. The van der Waals surface area contributed by atoms with E-state index in [2.05, 4.69) is 26.5 Å². The zero-order chi connectivity index (χ0) is 10.9. The number of ketones is 1. The lowest BCUT2D eigenvalue weighted by Gasteiger charge is -2.40. The van der Waals surface area contributed by atoms with Gasteiger partial charge in [-0.2, -0.15) is 0 Å². The molecule has 0 saturated carbocycles. The molecule has 0 N–H and O–H groups in total. The normalized spacial score (nSPS) is 32.3. The minimum atomic E-state index is -0.292. The highest BCUT2D eigenvalue weighted by Gasteiger charge is 2.42. The fourth-order valence-corrected chi connectivity index (χ4v) is 2.67. The largest absolute Gasteiger partial charge is 0.299 e. The molecule has 1 aliphatic carbocycles. The third-order valence-corrected chi connectivity index (χ3v) is 3.62. The lowest BCUT2D eigenvalue weighted by Crippen LogP contribution is -2.38. The maximum atomic E-state index is 11.8. The molecule has 0 aliphatic heterocycles. The molecule has 1 heteroatoms. The van der Waals surface area contributed by atoms with Crippen molar-refractivity contribution < 1.29 is 4.79 Å². The molecule has 0 bridgehead atoms. The Hall–Kier alpha value is -0.850. The molecule has 0 saturated heterocycles. The minimum absolute atomic E-state index is 0.265. The molecule has 0 radical (unpaired) electrons. The molecule has 0 spiro atoms. The van der Waals surface area contributed by atoms with Gasteiger partial charge in [0.15, 0.2) is 0 Å². The molecule has 0 aromatic carbocycles. The summed E-state index contributed by atoms with van der Waals surface area (Å²) in [6.07, 6.45) is 4.18. The second-order valence-corrected chi connectivity index (χ2v) is 4.61. The van der Waals surface area contributed by atoms with Crippen molar-refractivity contribution in [2.45, 2.75) is 40.5 Å². The zero-order valence-corrected chi connectivity index (χ0v) is 9.68. The van der Waals surface area contributed by atoms with E-state index in [0.717, 1.165) is 18.4 Å². The van der Waals surface area contributed by atoms with Crippen LogP contribution in [0.2, 0.25) is 0 Å². The van der Waals surface area contributed by atoms with Gasteiger partial charge in [0.2, 0.25) is 0 Å². The second kappa shape index (κ2) is 3.72. The summed E-state index contributed by atoms with van der Waals surface area (Å²) in [5, 5.41) is 0. The first-order chi connectivity index (χ1) is 6.41. The first-order valence-corrected chi connectivity index (χ1v) is 5.25. The Morgan fingerprint density at radius 3 is 2.50 bits per heavy atom. The van der Waals surface area contributed by atoms with Gasteiger partial charge in [0.1, 0.15) is 5.78 Å². The average Bonchev–Trinajstić information content (AvgIpc) is 2.02. The monoisotopic (exact) mass is 192 g/mol. The van der Waals surface area contributed by atoms with E-state index in [4.69, 9.17) is 0 Å². The highest BCUT2D eigenvalue weighted by Crippen LogP contribution is 2.45. The van der Waals surface area contributed by atoms with Crippen LogP contribution in [-0.2, 0) is 4.79 Å². The Balaban J connectivity index is 3.14. The van der Waals surface area contributed by atoms with E-state index in [9.17, 15) is 4.79 Å². The number of hydrogen-bond donors (Lipinski definition) is 0. The number of rotatable bonds is 2. The van der Waals surface area contributed by atoms with Gasteiger partial charge in [-0.15, -0.1) is 0 Å². The molecule has 1 aliphatic rings. The number of carbonyl (C=O) groups excluding carboxylic acids is 1. The summed E-state index contributed by atoms with van der Waals surface area (Å²) in [4.78, 5) is 11.8. The molecule has 78 valence electrons. The summed E-state index contributed by atoms with van der Waals surface area (Å²) in [6.45, 7) is 11.9. The van der Waals surface area contributed by atoms with Crippen molar-refractivity contribution in [2.24, 2.45) is 11.3 Å². The molecular formula is C13H20O. The van der Waals surface area contributed by atoms with Crippen LogP contribution in [0.5, 0.6) is 0 Å². The Morgan fingerprint density at radius 2 is 2.14 bits per heavy atom. The molecule has 0 heterocycles. The summed E-state index contributed by atoms with van der Waals surface area (Å²) < 4.78 is 0. The molecule has 2 unspecified atom stereocenters. The Labute approximate surface area is 86.9 Å². The van der Waals surface area contributed by atoms with Crippen LogP contribution in [0.15, 0.2) is 23.8 Å². The van der Waals surface area contributed by atoms with E-state index < -0.39 is 0 Å². The first kappa shape index (κ1) is 11.2. The molecule has 0 aromatic rings. The van der Waals surface area contributed by atoms with Crippen LogP contribution in [0.3, 0.4) is 0 Å². The van der Waals surface area contributed by atoms with Crippen LogP contribution in [0.4, 0.5) is 0 Å². The van der Waals surface area contributed by atoms with E-state index in [-0.39, 0.29) is 11.2 Å². The molecule has 0 fully saturated rings. The second-order valence-electron chi connectivity index (χ2n) is 4.61. The van der Waals surface area contributed by atoms with Crippen molar-refractivity contribution in [2.75, 3.05) is 0 Å². The molecule has 2 atom stereocenters. The van der Waals surface area contributed by atoms with E-state index in [1.807, 2.05) is 6.92 Å². The molecule has 1 nitrogen and oxygen atoms in total. The molecule has 1 rings (SSSR count). The third kappa shape index (κ3) is 1.56. The first-order valence-electron chi connectivity index (χ1n) is 5.25. The van der Waals surface area contributed by atoms with Gasteiger partial charge < -0.3 is 0 Å². The highest BCUT2D eigenvalue weighted by molar-refractivity contribution is 5.86. The smallest absolute Gasteiger partial charge is 0.140 e. The maximum absolute atomic E-state index is 11.8. The lowest BCUT2D eigenvalue weighted by atomic mass is 9.63. The Bertz CT molecular complexity index is 282. The standard InChI is InChI=1S/C13H20O/c1-9(2)13(12(5)14)7-6-10(3)8-11(13)4/h8,11H,1,6-7H2,2-5H3. The SMILES string of the molecule is C=C(C)C1(C(C)=O)CCC(C)=CC1C. The van der Waals surface area contributed by atoms with E-state index in [1.54, 1.807) is 6.92 Å². The number of allylic oxidation sites excluding steroid dienone is 3. The van der Waals surface area contributed by atoms with Crippen molar-refractivity contribution in [3.63, 3.8) is 0 Å². The van der Waals surface area contributed by atoms with Crippen LogP contribution < -0.4 is 0 Å². The van der Waals surface area contributed by atoms with E-state index in [1.165, 1.54) is 5.57 Å². The van der Waals surface area contributed by atoms with Crippen LogP contribution in [-0.4, -0.2) is 5.78 Å². The van der Waals surface area contributed by atoms with Gasteiger partial charge in [-0.1, -0.05) is 30.7 Å². The molecular weight excluding hydrogens is 172 g/mol. The summed E-state index contributed by atoms with van der Waals surface area (Å²) in [5.41, 5.74) is 2.12. The van der Waals surface area contributed by atoms with Crippen molar-refractivity contribution >= 4 is 5.78 Å². The topological polar surface area (TPSA) is 17.1 Å². The molecule has 0 amide bonds. The van der Waals surface area contributed by atoms with Crippen LogP contribution in [0, 0.1) is 11.3 Å². The minimum Gasteiger partial charge on any atom is -0.299 e. The van der Waals surface area contributed by atoms with Crippen LogP contribution in [0.1, 0.15) is 40.5 Å².